The second-order valence-corrected chi connectivity index (χ2v) is 6.73. The number of methoxy groups -OCH3 is 1. The van der Waals surface area contributed by atoms with Gasteiger partial charge < -0.3 is 14.7 Å². The van der Waals surface area contributed by atoms with Crippen LogP contribution in [0.5, 0.6) is 5.75 Å². The Kier molecular flexibility index (Phi) is 4.28. The van der Waals surface area contributed by atoms with Gasteiger partial charge in [0.25, 0.3) is 0 Å². The van der Waals surface area contributed by atoms with Gasteiger partial charge in [0, 0.05) is 13.1 Å². The summed E-state index contributed by atoms with van der Waals surface area (Å²) in [4.78, 5) is 25.7. The lowest BCUT2D eigenvalue weighted by molar-refractivity contribution is -0.142. The molecule has 1 saturated heterocycles. The summed E-state index contributed by atoms with van der Waals surface area (Å²) in [5.41, 5.74) is 1.93. The number of carbonyl (C=O) groups is 2. The lowest BCUT2D eigenvalue weighted by atomic mass is 9.92. The maximum Gasteiger partial charge on any atom is 0.308 e. The van der Waals surface area contributed by atoms with Crippen molar-refractivity contribution in [3.05, 3.63) is 29.3 Å². The summed E-state index contributed by atoms with van der Waals surface area (Å²) in [7, 11) is 1.62. The van der Waals surface area contributed by atoms with E-state index in [9.17, 15) is 14.7 Å². The fraction of sp³-hybridized carbons (Fsp3) is 0.556. The number of hydrogen-bond acceptors (Lipinski definition) is 3. The summed E-state index contributed by atoms with van der Waals surface area (Å²) < 4.78 is 5.30. The van der Waals surface area contributed by atoms with E-state index in [0.717, 1.165) is 29.7 Å². The summed E-state index contributed by atoms with van der Waals surface area (Å²) >= 11 is 0. The van der Waals surface area contributed by atoms with Crippen LogP contribution in [0.2, 0.25) is 0 Å². The first kappa shape index (κ1) is 15.8. The predicted octanol–water partition coefficient (Wildman–Crippen LogP) is 2.12. The van der Waals surface area contributed by atoms with Crippen molar-refractivity contribution >= 4 is 11.9 Å². The van der Waals surface area contributed by atoms with Crippen LogP contribution in [0.25, 0.3) is 0 Å². The first-order valence-electron chi connectivity index (χ1n) is 8.13. The Morgan fingerprint density at radius 2 is 2.04 bits per heavy atom. The number of carboxylic acids is 1. The van der Waals surface area contributed by atoms with E-state index < -0.39 is 11.9 Å². The largest absolute Gasteiger partial charge is 0.496 e. The molecule has 1 N–H and O–H groups in total. The first-order valence-corrected chi connectivity index (χ1v) is 8.13. The van der Waals surface area contributed by atoms with E-state index >= 15 is 0 Å². The average molecular weight is 317 g/mol. The smallest absolute Gasteiger partial charge is 0.308 e. The molecule has 1 aromatic rings. The minimum atomic E-state index is -0.769. The van der Waals surface area contributed by atoms with Gasteiger partial charge in [0.1, 0.15) is 5.75 Å². The molecule has 124 valence electrons. The Morgan fingerprint density at radius 3 is 2.65 bits per heavy atom. The molecule has 5 heteroatoms. The van der Waals surface area contributed by atoms with Gasteiger partial charge >= 0.3 is 5.97 Å². The minimum Gasteiger partial charge on any atom is -0.496 e. The Labute approximate surface area is 136 Å². The predicted molar refractivity (Wildman–Crippen MR) is 85.4 cm³/mol. The number of carbonyl (C=O) groups excluding carboxylic acids is 1. The highest BCUT2D eigenvalue weighted by molar-refractivity contribution is 5.81. The van der Waals surface area contributed by atoms with Crippen LogP contribution in [-0.2, 0) is 16.0 Å². The highest BCUT2D eigenvalue weighted by Crippen LogP contribution is 2.44. The number of nitrogens with zero attached hydrogens (tertiary/aromatic N) is 1. The SMILES string of the molecule is COc1cc(CC(=O)N2C[C@H](C(=O)O)[C@@H](C3CC3)C2)ccc1C. The van der Waals surface area contributed by atoms with Crippen molar-refractivity contribution < 1.29 is 19.4 Å². The van der Waals surface area contributed by atoms with Crippen LogP contribution in [-0.4, -0.2) is 42.1 Å². The number of likely N-dealkylation sites (tertiary alicyclic amines) is 1. The lowest BCUT2D eigenvalue weighted by Crippen LogP contribution is -2.31. The van der Waals surface area contributed by atoms with Gasteiger partial charge in [-0.25, -0.2) is 0 Å². The van der Waals surface area contributed by atoms with Gasteiger partial charge in [0.15, 0.2) is 0 Å². The molecule has 2 aliphatic rings. The zero-order valence-electron chi connectivity index (χ0n) is 13.6. The summed E-state index contributed by atoms with van der Waals surface area (Å²) in [6.07, 6.45) is 2.50. The number of hydrogen-bond donors (Lipinski definition) is 1. The van der Waals surface area contributed by atoms with Gasteiger partial charge in [-0.15, -0.1) is 0 Å². The standard InChI is InChI=1S/C18H23NO4/c1-11-3-4-12(7-16(11)23-2)8-17(20)19-9-14(13-5-6-13)15(10-19)18(21)22/h3-4,7,13-15H,5-6,8-10H2,1-2H3,(H,21,22)/t14-,15+/m1/s1. The third-order valence-corrected chi connectivity index (χ3v) is 5.09. The molecular formula is C18H23NO4. The fourth-order valence-corrected chi connectivity index (χ4v) is 3.56. The Bertz CT molecular complexity index is 623. The molecule has 23 heavy (non-hydrogen) atoms. The molecular weight excluding hydrogens is 294 g/mol. The number of carboxylic acid groups (broad SMARTS) is 1. The highest BCUT2D eigenvalue weighted by atomic mass is 16.5. The van der Waals surface area contributed by atoms with Crippen LogP contribution in [0.3, 0.4) is 0 Å². The molecule has 2 fully saturated rings. The van der Waals surface area contributed by atoms with Gasteiger partial charge in [-0.2, -0.15) is 0 Å². The van der Waals surface area contributed by atoms with E-state index in [4.69, 9.17) is 4.74 Å². The van der Waals surface area contributed by atoms with Crippen LogP contribution < -0.4 is 4.74 Å². The zero-order valence-corrected chi connectivity index (χ0v) is 13.6. The third-order valence-electron chi connectivity index (χ3n) is 5.09. The van der Waals surface area contributed by atoms with E-state index in [-0.39, 0.29) is 11.8 Å². The quantitative estimate of drug-likeness (QED) is 0.903. The van der Waals surface area contributed by atoms with E-state index in [1.807, 2.05) is 25.1 Å². The molecule has 1 heterocycles. The molecule has 1 saturated carbocycles. The third kappa shape index (κ3) is 3.33. The molecule has 0 bridgehead atoms. The zero-order chi connectivity index (χ0) is 16.6. The van der Waals surface area contributed by atoms with Crippen molar-refractivity contribution in [1.29, 1.82) is 0 Å². The Hall–Kier alpha value is -2.04. The molecule has 5 nitrogen and oxygen atoms in total. The van der Waals surface area contributed by atoms with Gasteiger partial charge in [-0.1, -0.05) is 12.1 Å². The van der Waals surface area contributed by atoms with Gasteiger partial charge in [0.05, 0.1) is 19.4 Å². The van der Waals surface area contributed by atoms with Gasteiger partial charge in [0.2, 0.25) is 5.91 Å². The number of ether oxygens (including phenoxy) is 1. The molecule has 1 aliphatic carbocycles. The monoisotopic (exact) mass is 317 g/mol. The van der Waals surface area contributed by atoms with Gasteiger partial charge in [-0.05, 0) is 48.8 Å². The number of aliphatic carboxylic acids is 1. The van der Waals surface area contributed by atoms with Crippen molar-refractivity contribution in [3.8, 4) is 5.75 Å². The highest BCUT2D eigenvalue weighted by Gasteiger charge is 2.46. The second-order valence-electron chi connectivity index (χ2n) is 6.73. The molecule has 2 atom stereocenters. The van der Waals surface area contributed by atoms with Crippen molar-refractivity contribution in [2.45, 2.75) is 26.2 Å². The van der Waals surface area contributed by atoms with Crippen LogP contribution in [0.15, 0.2) is 18.2 Å². The van der Waals surface area contributed by atoms with Crippen molar-refractivity contribution in [1.82, 2.24) is 4.90 Å². The first-order chi connectivity index (χ1) is 11.0. The second kappa shape index (κ2) is 6.22. The van der Waals surface area contributed by atoms with Crippen LogP contribution in [0.4, 0.5) is 0 Å². The molecule has 0 unspecified atom stereocenters. The molecule has 0 aromatic heterocycles. The van der Waals surface area contributed by atoms with Crippen molar-refractivity contribution in [3.63, 3.8) is 0 Å². The van der Waals surface area contributed by atoms with Crippen LogP contribution in [0.1, 0.15) is 24.0 Å². The number of rotatable bonds is 5. The maximum atomic E-state index is 12.5. The number of aryl methyl sites for hydroxylation is 1. The molecule has 1 aliphatic heterocycles. The summed E-state index contributed by atoms with van der Waals surface area (Å²) in [6.45, 7) is 2.89. The lowest BCUT2D eigenvalue weighted by Gasteiger charge is -2.17. The normalized spacial score (nSPS) is 23.8. The summed E-state index contributed by atoms with van der Waals surface area (Å²) in [5.74, 6) is 0.229. The van der Waals surface area contributed by atoms with Crippen molar-refractivity contribution in [2.75, 3.05) is 20.2 Å². The number of amides is 1. The molecule has 0 radical (unpaired) electrons. The fourth-order valence-electron chi connectivity index (χ4n) is 3.56. The molecule has 1 aromatic carbocycles. The molecule has 1 amide bonds. The molecule has 0 spiro atoms. The topological polar surface area (TPSA) is 66.8 Å². The Balaban J connectivity index is 1.67. The van der Waals surface area contributed by atoms with E-state index in [0.29, 0.717) is 25.4 Å². The average Bonchev–Trinajstić information content (AvgIpc) is 3.27. The van der Waals surface area contributed by atoms with Crippen molar-refractivity contribution in [2.24, 2.45) is 17.8 Å². The van der Waals surface area contributed by atoms with E-state index in [1.165, 1.54) is 0 Å². The van der Waals surface area contributed by atoms with E-state index in [1.54, 1.807) is 12.0 Å². The van der Waals surface area contributed by atoms with Gasteiger partial charge in [-0.3, -0.25) is 9.59 Å². The minimum absolute atomic E-state index is 0.00491. The van der Waals surface area contributed by atoms with Crippen LogP contribution >= 0.6 is 0 Å². The van der Waals surface area contributed by atoms with Crippen LogP contribution in [0, 0.1) is 24.7 Å². The number of benzene rings is 1. The summed E-state index contributed by atoms with van der Waals surface area (Å²) in [6, 6.07) is 5.76. The maximum absolute atomic E-state index is 12.5. The Morgan fingerprint density at radius 1 is 1.30 bits per heavy atom. The molecule has 3 rings (SSSR count). The van der Waals surface area contributed by atoms with E-state index in [2.05, 4.69) is 0 Å². The summed E-state index contributed by atoms with van der Waals surface area (Å²) in [5, 5.41) is 9.39.